The summed E-state index contributed by atoms with van der Waals surface area (Å²) in [6.45, 7) is 4.39. The van der Waals surface area contributed by atoms with Gasteiger partial charge in [0, 0.05) is 18.2 Å². The minimum absolute atomic E-state index is 0.0270. The van der Waals surface area contributed by atoms with Crippen LogP contribution in [0.1, 0.15) is 33.1 Å². The predicted octanol–water partition coefficient (Wildman–Crippen LogP) is 3.19. The van der Waals surface area contributed by atoms with Gasteiger partial charge in [0.05, 0.1) is 11.6 Å². The zero-order chi connectivity index (χ0) is 14.3. The van der Waals surface area contributed by atoms with E-state index in [2.05, 4.69) is 5.32 Å². The number of hydrogen-bond donors (Lipinski definition) is 2. The number of nitrogens with two attached hydrogens (primary N) is 1. The first-order valence-electron chi connectivity index (χ1n) is 6.50. The Morgan fingerprint density at radius 1 is 1.53 bits per heavy atom. The first-order chi connectivity index (χ1) is 9.02. The number of ether oxygens (including phenoxy) is 1. The second kappa shape index (κ2) is 8.02. The molecule has 0 heterocycles. The van der Waals surface area contributed by atoms with Gasteiger partial charge in [-0.2, -0.15) is 0 Å². The maximum atomic E-state index is 11.7. The number of rotatable bonds is 7. The minimum Gasteiger partial charge on any atom is -0.492 e. The Bertz CT molecular complexity index is 422. The van der Waals surface area contributed by atoms with E-state index in [1.165, 1.54) is 0 Å². The van der Waals surface area contributed by atoms with Crippen LogP contribution in [-0.4, -0.2) is 18.6 Å². The average Bonchev–Trinajstić information content (AvgIpc) is 2.32. The molecule has 0 saturated carbocycles. The Kier molecular flexibility index (Phi) is 6.67. The van der Waals surface area contributed by atoms with Crippen LogP contribution in [0.4, 0.5) is 5.69 Å². The van der Waals surface area contributed by atoms with Crippen molar-refractivity contribution in [3.63, 3.8) is 0 Å². The molecule has 19 heavy (non-hydrogen) atoms. The van der Waals surface area contributed by atoms with Gasteiger partial charge in [-0.1, -0.05) is 11.6 Å². The van der Waals surface area contributed by atoms with Crippen molar-refractivity contribution in [3.05, 3.63) is 23.2 Å². The molecule has 4 nitrogen and oxygen atoms in total. The number of anilines is 1. The van der Waals surface area contributed by atoms with E-state index in [4.69, 9.17) is 22.1 Å². The summed E-state index contributed by atoms with van der Waals surface area (Å²) in [7, 11) is 0. The molecule has 106 valence electrons. The Morgan fingerprint density at radius 2 is 2.26 bits per heavy atom. The largest absolute Gasteiger partial charge is 0.492 e. The van der Waals surface area contributed by atoms with Gasteiger partial charge in [-0.3, -0.25) is 4.79 Å². The van der Waals surface area contributed by atoms with Gasteiger partial charge in [0.15, 0.2) is 0 Å². The molecular formula is C14H21ClN2O2. The van der Waals surface area contributed by atoms with Crippen molar-refractivity contribution in [1.29, 1.82) is 0 Å². The van der Waals surface area contributed by atoms with Crippen molar-refractivity contribution in [2.75, 3.05) is 11.9 Å². The van der Waals surface area contributed by atoms with E-state index in [9.17, 15) is 4.79 Å². The summed E-state index contributed by atoms with van der Waals surface area (Å²) in [4.78, 5) is 11.7. The summed E-state index contributed by atoms with van der Waals surface area (Å²) < 4.78 is 5.33. The van der Waals surface area contributed by atoms with Gasteiger partial charge < -0.3 is 15.8 Å². The van der Waals surface area contributed by atoms with Crippen molar-refractivity contribution in [3.8, 4) is 5.75 Å². The molecule has 0 aliphatic carbocycles. The van der Waals surface area contributed by atoms with Crippen LogP contribution in [0.5, 0.6) is 5.75 Å². The van der Waals surface area contributed by atoms with Crippen LogP contribution in [0.3, 0.4) is 0 Å². The van der Waals surface area contributed by atoms with Crippen molar-refractivity contribution in [2.45, 2.75) is 39.2 Å². The summed E-state index contributed by atoms with van der Waals surface area (Å²) in [6.07, 6.45) is 2.10. The number of hydrogen-bond acceptors (Lipinski definition) is 3. The fourth-order valence-electron chi connectivity index (χ4n) is 1.66. The lowest BCUT2D eigenvalue weighted by atomic mass is 10.1. The second-order valence-corrected chi connectivity index (χ2v) is 4.90. The van der Waals surface area contributed by atoms with E-state index in [1.54, 1.807) is 18.2 Å². The highest BCUT2D eigenvalue weighted by atomic mass is 35.5. The average molecular weight is 285 g/mol. The van der Waals surface area contributed by atoms with E-state index in [0.29, 0.717) is 29.5 Å². The maximum absolute atomic E-state index is 11.7. The predicted molar refractivity (Wildman–Crippen MR) is 78.8 cm³/mol. The molecule has 0 bridgehead atoms. The minimum atomic E-state index is -0.0270. The highest BCUT2D eigenvalue weighted by molar-refractivity contribution is 6.32. The second-order valence-electron chi connectivity index (χ2n) is 4.50. The Balaban J connectivity index is 2.48. The van der Waals surface area contributed by atoms with Gasteiger partial charge in [0.1, 0.15) is 5.75 Å². The van der Waals surface area contributed by atoms with E-state index in [1.807, 2.05) is 13.8 Å². The number of benzene rings is 1. The maximum Gasteiger partial charge on any atom is 0.224 e. The Hall–Kier alpha value is -1.26. The van der Waals surface area contributed by atoms with Crippen LogP contribution < -0.4 is 15.8 Å². The quantitative estimate of drug-likeness (QED) is 0.808. The van der Waals surface area contributed by atoms with Crippen molar-refractivity contribution >= 4 is 23.2 Å². The SMILES string of the molecule is CCOc1ccc(NC(=O)CCCC(C)N)cc1Cl. The molecule has 5 heteroatoms. The van der Waals surface area contributed by atoms with Crippen LogP contribution in [0.25, 0.3) is 0 Å². The van der Waals surface area contributed by atoms with Crippen molar-refractivity contribution < 1.29 is 9.53 Å². The number of carbonyl (C=O) groups is 1. The molecule has 0 aliphatic rings. The van der Waals surface area contributed by atoms with Gasteiger partial charge in [-0.15, -0.1) is 0 Å². The summed E-state index contributed by atoms with van der Waals surface area (Å²) in [5.41, 5.74) is 6.31. The molecule has 0 aliphatic heterocycles. The lowest BCUT2D eigenvalue weighted by Crippen LogP contribution is -2.16. The van der Waals surface area contributed by atoms with E-state index >= 15 is 0 Å². The molecule has 3 N–H and O–H groups in total. The third kappa shape index (κ3) is 5.94. The zero-order valence-electron chi connectivity index (χ0n) is 11.4. The molecule has 0 spiro atoms. The summed E-state index contributed by atoms with van der Waals surface area (Å²) in [5.74, 6) is 0.597. The Labute approximate surface area is 119 Å². The standard InChI is InChI=1S/C14H21ClN2O2/c1-3-19-13-8-7-11(9-12(13)15)17-14(18)6-4-5-10(2)16/h7-10H,3-6,16H2,1-2H3,(H,17,18). The molecule has 0 aromatic heterocycles. The smallest absolute Gasteiger partial charge is 0.224 e. The lowest BCUT2D eigenvalue weighted by molar-refractivity contribution is -0.116. The van der Waals surface area contributed by atoms with Crippen LogP contribution in [0.2, 0.25) is 5.02 Å². The summed E-state index contributed by atoms with van der Waals surface area (Å²) >= 11 is 6.04. The van der Waals surface area contributed by atoms with Crippen molar-refractivity contribution in [2.24, 2.45) is 5.73 Å². The number of carbonyl (C=O) groups excluding carboxylic acids is 1. The Morgan fingerprint density at radius 3 is 2.84 bits per heavy atom. The van der Waals surface area contributed by atoms with Crippen LogP contribution in [0, 0.1) is 0 Å². The van der Waals surface area contributed by atoms with Gasteiger partial charge in [0.25, 0.3) is 0 Å². The third-order valence-electron chi connectivity index (χ3n) is 2.58. The molecule has 1 aromatic rings. The van der Waals surface area contributed by atoms with E-state index in [0.717, 1.165) is 12.8 Å². The molecule has 0 radical (unpaired) electrons. The highest BCUT2D eigenvalue weighted by Crippen LogP contribution is 2.27. The zero-order valence-corrected chi connectivity index (χ0v) is 12.2. The number of nitrogens with one attached hydrogen (secondary N) is 1. The summed E-state index contributed by atoms with van der Waals surface area (Å²) in [6, 6.07) is 5.35. The van der Waals surface area contributed by atoms with Gasteiger partial charge in [-0.25, -0.2) is 0 Å². The van der Waals surface area contributed by atoms with E-state index in [-0.39, 0.29) is 11.9 Å². The normalized spacial score (nSPS) is 12.0. The number of amides is 1. The lowest BCUT2D eigenvalue weighted by Gasteiger charge is -2.09. The molecule has 1 rings (SSSR count). The molecule has 1 atom stereocenters. The van der Waals surface area contributed by atoms with E-state index < -0.39 is 0 Å². The first kappa shape index (κ1) is 15.8. The topological polar surface area (TPSA) is 64.3 Å². The monoisotopic (exact) mass is 284 g/mol. The molecule has 1 aromatic carbocycles. The van der Waals surface area contributed by atoms with Gasteiger partial charge in [0.2, 0.25) is 5.91 Å². The van der Waals surface area contributed by atoms with Crippen LogP contribution in [0.15, 0.2) is 18.2 Å². The fraction of sp³-hybridized carbons (Fsp3) is 0.500. The van der Waals surface area contributed by atoms with Crippen molar-refractivity contribution in [1.82, 2.24) is 0 Å². The van der Waals surface area contributed by atoms with Crippen LogP contribution >= 0.6 is 11.6 Å². The summed E-state index contributed by atoms with van der Waals surface area (Å²) in [5, 5.41) is 3.30. The van der Waals surface area contributed by atoms with Crippen LogP contribution in [-0.2, 0) is 4.79 Å². The molecule has 0 fully saturated rings. The molecule has 1 amide bonds. The number of halogens is 1. The molecular weight excluding hydrogens is 264 g/mol. The molecule has 1 unspecified atom stereocenters. The highest BCUT2D eigenvalue weighted by Gasteiger charge is 2.06. The van der Waals surface area contributed by atoms with Gasteiger partial charge >= 0.3 is 0 Å². The first-order valence-corrected chi connectivity index (χ1v) is 6.88. The fourth-order valence-corrected chi connectivity index (χ4v) is 1.89. The van der Waals surface area contributed by atoms with Gasteiger partial charge in [-0.05, 0) is 44.9 Å². The molecule has 0 saturated heterocycles. The third-order valence-corrected chi connectivity index (χ3v) is 2.87.